The topological polar surface area (TPSA) is 33.5 Å². The van der Waals surface area contributed by atoms with Crippen LogP contribution in [-0.4, -0.2) is 23.9 Å². The molecule has 0 unspecified atom stereocenters. The first-order chi connectivity index (χ1) is 9.15. The first kappa shape index (κ1) is 12.2. The molecule has 0 saturated carbocycles. The van der Waals surface area contributed by atoms with E-state index in [1.165, 1.54) is 12.1 Å². The highest BCUT2D eigenvalue weighted by Gasteiger charge is 2.24. The number of halogens is 1. The van der Waals surface area contributed by atoms with Crippen molar-refractivity contribution in [2.75, 3.05) is 13.1 Å². The van der Waals surface area contributed by atoms with Gasteiger partial charge < -0.3 is 9.32 Å². The summed E-state index contributed by atoms with van der Waals surface area (Å²) in [6.45, 7) is 3.18. The fourth-order valence-corrected chi connectivity index (χ4v) is 2.84. The summed E-state index contributed by atoms with van der Waals surface area (Å²) in [5.74, 6) is 0.250. The quantitative estimate of drug-likeness (QED) is 0.789. The lowest BCUT2D eigenvalue weighted by Gasteiger charge is -2.31. The Balaban J connectivity index is 1.84. The monoisotopic (exact) mass is 261 g/mol. The lowest BCUT2D eigenvalue weighted by atomic mass is 9.89. The van der Waals surface area contributed by atoms with Crippen LogP contribution in [0.4, 0.5) is 4.39 Å². The Labute approximate surface area is 111 Å². The Morgan fingerprint density at radius 1 is 1.37 bits per heavy atom. The molecule has 2 aromatic rings. The van der Waals surface area contributed by atoms with Gasteiger partial charge in [0.15, 0.2) is 0 Å². The van der Waals surface area contributed by atoms with E-state index in [0.29, 0.717) is 11.5 Å². The maximum atomic E-state index is 13.1. The first-order valence-electron chi connectivity index (χ1n) is 6.57. The van der Waals surface area contributed by atoms with Crippen LogP contribution < -0.4 is 0 Å². The maximum absolute atomic E-state index is 13.1. The van der Waals surface area contributed by atoms with Crippen molar-refractivity contribution in [1.29, 1.82) is 0 Å². The van der Waals surface area contributed by atoms with E-state index in [0.717, 1.165) is 36.9 Å². The number of carbonyl (C=O) groups excluding carboxylic acids is 1. The zero-order chi connectivity index (χ0) is 13.4. The minimum absolute atomic E-state index is 0.137. The van der Waals surface area contributed by atoms with Crippen LogP contribution in [0.1, 0.15) is 31.2 Å². The summed E-state index contributed by atoms with van der Waals surface area (Å²) >= 11 is 0. The molecule has 0 radical (unpaired) electrons. The molecular formula is C15H16FNO2. The highest BCUT2D eigenvalue weighted by Crippen LogP contribution is 2.34. The number of carbonyl (C=O) groups is 1. The Hall–Kier alpha value is -1.84. The average molecular weight is 261 g/mol. The molecule has 1 fully saturated rings. The average Bonchev–Trinajstić information content (AvgIpc) is 2.81. The predicted octanol–water partition coefficient (Wildman–Crippen LogP) is 3.30. The summed E-state index contributed by atoms with van der Waals surface area (Å²) in [4.78, 5) is 13.2. The van der Waals surface area contributed by atoms with Gasteiger partial charge in [0.25, 0.3) is 0 Å². The first-order valence-corrected chi connectivity index (χ1v) is 6.57. The predicted molar refractivity (Wildman–Crippen MR) is 70.4 cm³/mol. The number of hydrogen-bond acceptors (Lipinski definition) is 2. The number of hydrogen-bond donors (Lipinski definition) is 0. The van der Waals surface area contributed by atoms with Crippen molar-refractivity contribution in [3.63, 3.8) is 0 Å². The number of benzene rings is 1. The summed E-state index contributed by atoms with van der Waals surface area (Å²) in [5.41, 5.74) is 1.74. The van der Waals surface area contributed by atoms with Crippen LogP contribution in [0.15, 0.2) is 28.9 Å². The molecule has 0 aliphatic carbocycles. The van der Waals surface area contributed by atoms with Crippen LogP contribution in [0.25, 0.3) is 11.0 Å². The number of nitrogens with zero attached hydrogens (tertiary/aromatic N) is 1. The molecule has 2 heterocycles. The second-order valence-electron chi connectivity index (χ2n) is 5.11. The zero-order valence-corrected chi connectivity index (χ0v) is 10.9. The molecule has 0 spiro atoms. The van der Waals surface area contributed by atoms with Crippen LogP contribution in [0.3, 0.4) is 0 Å². The molecule has 100 valence electrons. The lowest BCUT2D eigenvalue weighted by molar-refractivity contribution is -0.129. The third kappa shape index (κ3) is 2.23. The normalized spacial score (nSPS) is 17.1. The second-order valence-corrected chi connectivity index (χ2v) is 5.11. The molecule has 1 amide bonds. The molecule has 1 aliphatic heterocycles. The number of piperidine rings is 1. The molecule has 4 heteroatoms. The Bertz CT molecular complexity index is 612. The van der Waals surface area contributed by atoms with Gasteiger partial charge in [0, 0.05) is 37.0 Å². The van der Waals surface area contributed by atoms with E-state index in [9.17, 15) is 9.18 Å². The summed E-state index contributed by atoms with van der Waals surface area (Å²) in [6.07, 6.45) is 3.61. The largest absolute Gasteiger partial charge is 0.464 e. The second kappa shape index (κ2) is 4.68. The van der Waals surface area contributed by atoms with Gasteiger partial charge in [0.2, 0.25) is 5.91 Å². The molecule has 1 aromatic carbocycles. The van der Waals surface area contributed by atoms with Gasteiger partial charge in [-0.05, 0) is 30.9 Å². The number of amides is 1. The number of likely N-dealkylation sites (tertiary alicyclic amines) is 1. The zero-order valence-electron chi connectivity index (χ0n) is 10.9. The van der Waals surface area contributed by atoms with Crippen LogP contribution in [0.5, 0.6) is 0 Å². The molecule has 3 rings (SSSR count). The van der Waals surface area contributed by atoms with Crippen molar-refractivity contribution in [1.82, 2.24) is 4.90 Å². The highest BCUT2D eigenvalue weighted by molar-refractivity contribution is 5.81. The molecule has 0 N–H and O–H groups in total. The Morgan fingerprint density at radius 3 is 2.79 bits per heavy atom. The standard InChI is InChI=1S/C15H16FNO2/c1-10(18)17-6-4-11(5-7-17)14-9-19-15-8-12(16)2-3-13(14)15/h2-3,8-9,11H,4-7H2,1H3. The minimum Gasteiger partial charge on any atom is -0.464 e. The van der Waals surface area contributed by atoms with Crippen molar-refractivity contribution in [3.05, 3.63) is 35.8 Å². The Morgan fingerprint density at radius 2 is 2.11 bits per heavy atom. The van der Waals surface area contributed by atoms with Crippen molar-refractivity contribution >= 4 is 16.9 Å². The van der Waals surface area contributed by atoms with Crippen molar-refractivity contribution in [2.45, 2.75) is 25.7 Å². The third-order valence-corrected chi connectivity index (χ3v) is 3.95. The van der Waals surface area contributed by atoms with Crippen molar-refractivity contribution < 1.29 is 13.6 Å². The fourth-order valence-electron chi connectivity index (χ4n) is 2.84. The van der Waals surface area contributed by atoms with Gasteiger partial charge >= 0.3 is 0 Å². The van der Waals surface area contributed by atoms with Crippen molar-refractivity contribution in [2.24, 2.45) is 0 Å². The lowest BCUT2D eigenvalue weighted by Crippen LogP contribution is -2.36. The summed E-state index contributed by atoms with van der Waals surface area (Å²) < 4.78 is 18.6. The van der Waals surface area contributed by atoms with Crippen LogP contribution in [-0.2, 0) is 4.79 Å². The number of fused-ring (bicyclic) bond motifs is 1. The van der Waals surface area contributed by atoms with E-state index in [1.807, 2.05) is 4.90 Å². The van der Waals surface area contributed by atoms with Gasteiger partial charge in [-0.1, -0.05) is 0 Å². The maximum Gasteiger partial charge on any atom is 0.219 e. The van der Waals surface area contributed by atoms with Crippen LogP contribution >= 0.6 is 0 Å². The molecule has 1 aliphatic rings. The molecule has 0 atom stereocenters. The van der Waals surface area contributed by atoms with Gasteiger partial charge in [-0.25, -0.2) is 4.39 Å². The highest BCUT2D eigenvalue weighted by atomic mass is 19.1. The molecule has 1 saturated heterocycles. The fraction of sp³-hybridized carbons (Fsp3) is 0.400. The van der Waals surface area contributed by atoms with Crippen LogP contribution in [0, 0.1) is 5.82 Å². The van der Waals surface area contributed by atoms with Crippen LogP contribution in [0.2, 0.25) is 0 Å². The minimum atomic E-state index is -0.278. The summed E-state index contributed by atoms with van der Waals surface area (Å²) in [7, 11) is 0. The molecule has 1 aromatic heterocycles. The third-order valence-electron chi connectivity index (χ3n) is 3.95. The molecule has 3 nitrogen and oxygen atoms in total. The van der Waals surface area contributed by atoms with E-state index in [-0.39, 0.29) is 11.7 Å². The summed E-state index contributed by atoms with van der Waals surface area (Å²) in [5, 5.41) is 0.989. The van der Waals surface area contributed by atoms with Crippen molar-refractivity contribution in [3.8, 4) is 0 Å². The van der Waals surface area contributed by atoms with E-state index in [2.05, 4.69) is 0 Å². The number of furan rings is 1. The molecule has 19 heavy (non-hydrogen) atoms. The van der Waals surface area contributed by atoms with Gasteiger partial charge in [-0.15, -0.1) is 0 Å². The smallest absolute Gasteiger partial charge is 0.219 e. The van der Waals surface area contributed by atoms with Gasteiger partial charge in [-0.3, -0.25) is 4.79 Å². The van der Waals surface area contributed by atoms with E-state index >= 15 is 0 Å². The van der Waals surface area contributed by atoms with Gasteiger partial charge in [0.1, 0.15) is 11.4 Å². The van der Waals surface area contributed by atoms with Gasteiger partial charge in [0.05, 0.1) is 6.26 Å². The molecule has 0 bridgehead atoms. The Kier molecular flexibility index (Phi) is 3.01. The van der Waals surface area contributed by atoms with E-state index in [4.69, 9.17) is 4.42 Å². The van der Waals surface area contributed by atoms with E-state index in [1.54, 1.807) is 19.3 Å². The van der Waals surface area contributed by atoms with E-state index < -0.39 is 0 Å². The summed E-state index contributed by atoms with van der Waals surface area (Å²) in [6, 6.07) is 4.66. The molecular weight excluding hydrogens is 245 g/mol. The SMILES string of the molecule is CC(=O)N1CCC(c2coc3cc(F)ccc23)CC1. The number of rotatable bonds is 1. The van der Waals surface area contributed by atoms with Gasteiger partial charge in [-0.2, -0.15) is 0 Å².